The van der Waals surface area contributed by atoms with Gasteiger partial charge in [0.25, 0.3) is 0 Å². The highest BCUT2D eigenvalue weighted by atomic mass is 15.3. The fourth-order valence-electron chi connectivity index (χ4n) is 2.77. The summed E-state index contributed by atoms with van der Waals surface area (Å²) < 4.78 is 0. The van der Waals surface area contributed by atoms with Gasteiger partial charge in [0.2, 0.25) is 0 Å². The van der Waals surface area contributed by atoms with Crippen LogP contribution in [0.5, 0.6) is 0 Å². The molecule has 6 heteroatoms. The average molecular weight is 296 g/mol. The molecule has 2 fully saturated rings. The molecule has 2 aromatic heterocycles. The summed E-state index contributed by atoms with van der Waals surface area (Å²) in [5.41, 5.74) is 2.14. The van der Waals surface area contributed by atoms with E-state index in [1.165, 1.54) is 18.5 Å². The Hall–Kier alpha value is -2.24. The Labute approximate surface area is 130 Å². The molecule has 0 aromatic carbocycles. The maximum absolute atomic E-state index is 4.35. The summed E-state index contributed by atoms with van der Waals surface area (Å²) in [5, 5.41) is 11.8. The second-order valence-electron chi connectivity index (χ2n) is 6.29. The standard InChI is InChI=1S/C16H20N6/c1-11-2-5-16(21-20-11)22-8-12(9-22)7-17-15-6-14(13-3-4-13)18-10-19-15/h2,5-6,10,12-13H,3-4,7-9H2,1H3,(H,17,18,19). The van der Waals surface area contributed by atoms with Crippen molar-refractivity contribution in [2.75, 3.05) is 29.9 Å². The number of nitrogens with one attached hydrogen (secondary N) is 1. The van der Waals surface area contributed by atoms with E-state index in [9.17, 15) is 0 Å². The zero-order valence-corrected chi connectivity index (χ0v) is 12.7. The highest BCUT2D eigenvalue weighted by molar-refractivity contribution is 5.42. The molecular weight excluding hydrogens is 276 g/mol. The molecule has 114 valence electrons. The topological polar surface area (TPSA) is 66.8 Å². The largest absolute Gasteiger partial charge is 0.370 e. The summed E-state index contributed by atoms with van der Waals surface area (Å²) in [4.78, 5) is 10.9. The van der Waals surface area contributed by atoms with Crippen molar-refractivity contribution in [2.45, 2.75) is 25.7 Å². The fraction of sp³-hybridized carbons (Fsp3) is 0.500. The van der Waals surface area contributed by atoms with Gasteiger partial charge in [0, 0.05) is 43.2 Å². The van der Waals surface area contributed by atoms with Gasteiger partial charge in [-0.3, -0.25) is 0 Å². The van der Waals surface area contributed by atoms with Crippen LogP contribution in [0.15, 0.2) is 24.5 Å². The number of aryl methyl sites for hydroxylation is 1. The van der Waals surface area contributed by atoms with Crippen LogP contribution in [-0.4, -0.2) is 39.8 Å². The first-order chi connectivity index (χ1) is 10.8. The van der Waals surface area contributed by atoms with Gasteiger partial charge in [0.15, 0.2) is 5.82 Å². The van der Waals surface area contributed by atoms with Crippen LogP contribution < -0.4 is 10.2 Å². The van der Waals surface area contributed by atoms with Crippen molar-refractivity contribution in [3.63, 3.8) is 0 Å². The van der Waals surface area contributed by atoms with Crippen LogP contribution in [0.25, 0.3) is 0 Å². The molecule has 1 aliphatic heterocycles. The quantitative estimate of drug-likeness (QED) is 0.910. The monoisotopic (exact) mass is 296 g/mol. The Morgan fingerprint density at radius 2 is 2.05 bits per heavy atom. The molecule has 1 saturated heterocycles. The molecule has 0 radical (unpaired) electrons. The van der Waals surface area contributed by atoms with Crippen molar-refractivity contribution in [3.05, 3.63) is 35.9 Å². The SMILES string of the molecule is Cc1ccc(N2CC(CNc3cc(C4CC4)ncn3)C2)nn1. The van der Waals surface area contributed by atoms with Gasteiger partial charge < -0.3 is 10.2 Å². The molecule has 22 heavy (non-hydrogen) atoms. The lowest BCUT2D eigenvalue weighted by Gasteiger charge is -2.40. The van der Waals surface area contributed by atoms with Crippen LogP contribution >= 0.6 is 0 Å². The van der Waals surface area contributed by atoms with Gasteiger partial charge in [0.05, 0.1) is 5.69 Å². The second kappa shape index (κ2) is 5.51. The van der Waals surface area contributed by atoms with Gasteiger partial charge in [-0.15, -0.1) is 5.10 Å². The molecule has 4 rings (SSSR count). The van der Waals surface area contributed by atoms with E-state index in [-0.39, 0.29) is 0 Å². The van der Waals surface area contributed by atoms with Crippen LogP contribution in [0, 0.1) is 12.8 Å². The molecule has 0 unspecified atom stereocenters. The predicted octanol–water partition coefficient (Wildman–Crippen LogP) is 2.00. The van der Waals surface area contributed by atoms with E-state index in [2.05, 4.69) is 36.4 Å². The van der Waals surface area contributed by atoms with E-state index in [0.29, 0.717) is 11.8 Å². The van der Waals surface area contributed by atoms with Gasteiger partial charge in [-0.2, -0.15) is 5.10 Å². The fourth-order valence-corrected chi connectivity index (χ4v) is 2.77. The minimum atomic E-state index is 0.627. The second-order valence-corrected chi connectivity index (χ2v) is 6.29. The molecule has 1 saturated carbocycles. The molecule has 2 aromatic rings. The molecule has 1 N–H and O–H groups in total. The first-order valence-electron chi connectivity index (χ1n) is 7.89. The van der Waals surface area contributed by atoms with Crippen molar-refractivity contribution in [1.29, 1.82) is 0 Å². The maximum atomic E-state index is 4.35. The molecule has 2 aliphatic rings. The summed E-state index contributed by atoms with van der Waals surface area (Å²) in [6, 6.07) is 6.14. The van der Waals surface area contributed by atoms with Gasteiger partial charge in [-0.25, -0.2) is 9.97 Å². The van der Waals surface area contributed by atoms with Gasteiger partial charge in [-0.1, -0.05) is 0 Å². The number of aromatic nitrogens is 4. The van der Waals surface area contributed by atoms with Gasteiger partial charge in [-0.05, 0) is 31.9 Å². The summed E-state index contributed by atoms with van der Waals surface area (Å²) in [6.07, 6.45) is 4.21. The van der Waals surface area contributed by atoms with E-state index in [1.54, 1.807) is 6.33 Å². The number of hydrogen-bond donors (Lipinski definition) is 1. The van der Waals surface area contributed by atoms with Crippen molar-refractivity contribution in [3.8, 4) is 0 Å². The predicted molar refractivity (Wildman–Crippen MR) is 85.0 cm³/mol. The lowest BCUT2D eigenvalue weighted by atomic mass is 10.0. The first-order valence-corrected chi connectivity index (χ1v) is 7.89. The van der Waals surface area contributed by atoms with Crippen LogP contribution in [0.2, 0.25) is 0 Å². The Morgan fingerprint density at radius 1 is 1.18 bits per heavy atom. The van der Waals surface area contributed by atoms with Crippen molar-refractivity contribution < 1.29 is 0 Å². The zero-order chi connectivity index (χ0) is 14.9. The Balaban J connectivity index is 1.27. The Kier molecular flexibility index (Phi) is 3.36. The lowest BCUT2D eigenvalue weighted by molar-refractivity contribution is 0.425. The first kappa shape index (κ1) is 13.4. The van der Waals surface area contributed by atoms with Crippen molar-refractivity contribution in [2.24, 2.45) is 5.92 Å². The number of hydrogen-bond acceptors (Lipinski definition) is 6. The maximum Gasteiger partial charge on any atom is 0.151 e. The van der Waals surface area contributed by atoms with E-state index in [4.69, 9.17) is 0 Å². The van der Waals surface area contributed by atoms with Crippen molar-refractivity contribution in [1.82, 2.24) is 20.2 Å². The Morgan fingerprint density at radius 3 is 2.77 bits per heavy atom. The molecular formula is C16H20N6. The van der Waals surface area contributed by atoms with Crippen LogP contribution in [-0.2, 0) is 0 Å². The summed E-state index contributed by atoms with van der Waals surface area (Å²) in [7, 11) is 0. The summed E-state index contributed by atoms with van der Waals surface area (Å²) in [5.74, 6) is 3.22. The van der Waals surface area contributed by atoms with Crippen LogP contribution in [0.3, 0.4) is 0 Å². The van der Waals surface area contributed by atoms with E-state index in [0.717, 1.165) is 37.0 Å². The third-order valence-electron chi connectivity index (χ3n) is 4.32. The summed E-state index contributed by atoms with van der Waals surface area (Å²) >= 11 is 0. The van der Waals surface area contributed by atoms with E-state index >= 15 is 0 Å². The van der Waals surface area contributed by atoms with E-state index < -0.39 is 0 Å². The van der Waals surface area contributed by atoms with Crippen molar-refractivity contribution >= 4 is 11.6 Å². The minimum absolute atomic E-state index is 0.627. The Bertz CT molecular complexity index is 646. The molecule has 6 nitrogen and oxygen atoms in total. The summed E-state index contributed by atoms with van der Waals surface area (Å²) in [6.45, 7) is 4.94. The molecule has 0 bridgehead atoms. The highest BCUT2D eigenvalue weighted by Gasteiger charge is 2.28. The van der Waals surface area contributed by atoms with Gasteiger partial charge >= 0.3 is 0 Å². The third kappa shape index (κ3) is 2.86. The molecule has 0 spiro atoms. The van der Waals surface area contributed by atoms with Crippen LogP contribution in [0.1, 0.15) is 30.1 Å². The smallest absolute Gasteiger partial charge is 0.151 e. The molecule has 1 aliphatic carbocycles. The lowest BCUT2D eigenvalue weighted by Crippen LogP contribution is -2.50. The van der Waals surface area contributed by atoms with Crippen LogP contribution in [0.4, 0.5) is 11.6 Å². The normalized spacial score (nSPS) is 18.1. The number of anilines is 2. The molecule has 0 atom stereocenters. The van der Waals surface area contributed by atoms with Gasteiger partial charge in [0.1, 0.15) is 12.1 Å². The number of nitrogens with zero attached hydrogens (tertiary/aromatic N) is 5. The minimum Gasteiger partial charge on any atom is -0.370 e. The third-order valence-corrected chi connectivity index (χ3v) is 4.32. The zero-order valence-electron chi connectivity index (χ0n) is 12.7. The van der Waals surface area contributed by atoms with E-state index in [1.807, 2.05) is 19.1 Å². The number of rotatable bonds is 5. The average Bonchev–Trinajstić information content (AvgIpc) is 3.32. The highest BCUT2D eigenvalue weighted by Crippen LogP contribution is 2.39. The molecule has 3 heterocycles. The molecule has 0 amide bonds.